The normalized spacial score (nSPS) is 13.2. The maximum Gasteiger partial charge on any atom is 0.0487 e. The van der Waals surface area contributed by atoms with Crippen molar-refractivity contribution in [2.45, 2.75) is 31.0 Å². The molecule has 0 amide bonds. The molecule has 0 N–H and O–H groups in total. The van der Waals surface area contributed by atoms with Crippen molar-refractivity contribution in [2.75, 3.05) is 26.9 Å². The molecule has 0 heterocycles. The fourth-order valence-corrected chi connectivity index (χ4v) is 1.20. The Hall–Kier alpha value is 0.400. The maximum atomic E-state index is 5.39. The lowest BCUT2D eigenvalue weighted by molar-refractivity contribution is 0.101. The van der Waals surface area contributed by atoms with Crippen molar-refractivity contribution >= 4 is 15.9 Å². The van der Waals surface area contributed by atoms with Crippen LogP contribution in [0.3, 0.4) is 0 Å². The van der Waals surface area contributed by atoms with Crippen molar-refractivity contribution in [1.29, 1.82) is 0 Å². The molecular formula is C9H19BrO2. The monoisotopic (exact) mass is 238 g/mol. The van der Waals surface area contributed by atoms with E-state index in [0.29, 0.717) is 4.83 Å². The fraction of sp³-hybridized carbons (Fsp3) is 1.00. The lowest BCUT2D eigenvalue weighted by Gasteiger charge is -2.04. The van der Waals surface area contributed by atoms with Crippen LogP contribution in [0, 0.1) is 0 Å². The average Bonchev–Trinajstić information content (AvgIpc) is 2.02. The first-order valence-corrected chi connectivity index (χ1v) is 5.39. The lowest BCUT2D eigenvalue weighted by atomic mass is 10.3. The van der Waals surface area contributed by atoms with Crippen LogP contribution in [0.5, 0.6) is 0 Å². The molecule has 1 atom stereocenters. The third kappa shape index (κ3) is 10.4. The maximum absolute atomic E-state index is 5.39. The number of methoxy groups -OCH3 is 1. The molecule has 0 saturated heterocycles. The Bertz CT molecular complexity index is 86.6. The van der Waals surface area contributed by atoms with Crippen LogP contribution >= 0.6 is 15.9 Å². The van der Waals surface area contributed by atoms with Crippen molar-refractivity contribution in [3.05, 3.63) is 0 Å². The SMILES string of the molecule is COCCCOCCCC(C)Br. The van der Waals surface area contributed by atoms with Crippen molar-refractivity contribution in [1.82, 2.24) is 0 Å². The molecule has 0 bridgehead atoms. The molecule has 0 spiro atoms. The summed E-state index contributed by atoms with van der Waals surface area (Å²) in [5.74, 6) is 0. The van der Waals surface area contributed by atoms with Gasteiger partial charge < -0.3 is 9.47 Å². The zero-order valence-corrected chi connectivity index (χ0v) is 9.60. The van der Waals surface area contributed by atoms with Gasteiger partial charge in [0, 0.05) is 31.8 Å². The van der Waals surface area contributed by atoms with Crippen LogP contribution in [-0.2, 0) is 9.47 Å². The third-order valence-electron chi connectivity index (χ3n) is 1.53. The predicted molar refractivity (Wildman–Crippen MR) is 54.9 cm³/mol. The molecule has 3 heteroatoms. The largest absolute Gasteiger partial charge is 0.385 e. The molecule has 1 unspecified atom stereocenters. The van der Waals surface area contributed by atoms with Gasteiger partial charge in [0.25, 0.3) is 0 Å². The second-order valence-corrected chi connectivity index (χ2v) is 4.44. The van der Waals surface area contributed by atoms with Gasteiger partial charge in [-0.1, -0.05) is 22.9 Å². The van der Waals surface area contributed by atoms with Crippen LogP contribution in [-0.4, -0.2) is 31.8 Å². The summed E-state index contributed by atoms with van der Waals surface area (Å²) in [6.45, 7) is 4.66. The van der Waals surface area contributed by atoms with Gasteiger partial charge in [-0.15, -0.1) is 0 Å². The molecule has 0 saturated carbocycles. The standard InChI is InChI=1S/C9H19BrO2/c1-9(10)5-3-7-12-8-4-6-11-2/h9H,3-8H2,1-2H3. The number of alkyl halides is 1. The average molecular weight is 239 g/mol. The van der Waals surface area contributed by atoms with Gasteiger partial charge in [-0.25, -0.2) is 0 Å². The van der Waals surface area contributed by atoms with Crippen LogP contribution < -0.4 is 0 Å². The molecule has 0 aliphatic heterocycles. The van der Waals surface area contributed by atoms with Crippen molar-refractivity contribution in [2.24, 2.45) is 0 Å². The summed E-state index contributed by atoms with van der Waals surface area (Å²) >= 11 is 3.49. The molecule has 0 radical (unpaired) electrons. The number of halogens is 1. The molecule has 0 fully saturated rings. The van der Waals surface area contributed by atoms with E-state index < -0.39 is 0 Å². The van der Waals surface area contributed by atoms with Crippen LogP contribution in [0.25, 0.3) is 0 Å². The van der Waals surface area contributed by atoms with Gasteiger partial charge in [-0.05, 0) is 19.3 Å². The number of hydrogen-bond acceptors (Lipinski definition) is 2. The molecule has 0 aromatic carbocycles. The number of ether oxygens (including phenoxy) is 2. The van der Waals surface area contributed by atoms with Gasteiger partial charge in [-0.3, -0.25) is 0 Å². The van der Waals surface area contributed by atoms with Crippen LogP contribution in [0.4, 0.5) is 0 Å². The molecule has 0 aromatic rings. The Morgan fingerprint density at radius 1 is 1.17 bits per heavy atom. The zero-order chi connectivity index (χ0) is 9.23. The highest BCUT2D eigenvalue weighted by atomic mass is 79.9. The van der Waals surface area contributed by atoms with Gasteiger partial charge in [-0.2, -0.15) is 0 Å². The smallest absolute Gasteiger partial charge is 0.0487 e. The summed E-state index contributed by atoms with van der Waals surface area (Å²) in [6, 6.07) is 0. The third-order valence-corrected chi connectivity index (χ3v) is 1.99. The molecule has 0 aromatic heterocycles. The first-order valence-electron chi connectivity index (χ1n) is 4.48. The van der Waals surface area contributed by atoms with Crippen LogP contribution in [0.1, 0.15) is 26.2 Å². The Balaban J connectivity index is 2.82. The highest BCUT2D eigenvalue weighted by Crippen LogP contribution is 2.05. The lowest BCUT2D eigenvalue weighted by Crippen LogP contribution is -2.02. The Morgan fingerprint density at radius 2 is 1.83 bits per heavy atom. The molecule has 0 aliphatic rings. The molecule has 74 valence electrons. The van der Waals surface area contributed by atoms with E-state index >= 15 is 0 Å². The van der Waals surface area contributed by atoms with Gasteiger partial charge in [0.2, 0.25) is 0 Å². The second kappa shape index (κ2) is 9.49. The minimum atomic E-state index is 0.611. The highest BCUT2D eigenvalue weighted by molar-refractivity contribution is 9.09. The Kier molecular flexibility index (Phi) is 9.80. The zero-order valence-electron chi connectivity index (χ0n) is 8.01. The molecule has 2 nitrogen and oxygen atoms in total. The quantitative estimate of drug-likeness (QED) is 0.478. The second-order valence-electron chi connectivity index (χ2n) is 2.88. The van der Waals surface area contributed by atoms with E-state index in [9.17, 15) is 0 Å². The molecule has 0 rings (SSSR count). The van der Waals surface area contributed by atoms with E-state index in [1.807, 2.05) is 0 Å². The summed E-state index contributed by atoms with van der Waals surface area (Å²) in [5.41, 5.74) is 0. The number of rotatable bonds is 8. The van der Waals surface area contributed by atoms with E-state index in [-0.39, 0.29) is 0 Å². The van der Waals surface area contributed by atoms with Crippen molar-refractivity contribution in [3.8, 4) is 0 Å². The van der Waals surface area contributed by atoms with E-state index in [1.54, 1.807) is 7.11 Å². The Morgan fingerprint density at radius 3 is 2.42 bits per heavy atom. The number of hydrogen-bond donors (Lipinski definition) is 0. The minimum Gasteiger partial charge on any atom is -0.385 e. The fourth-order valence-electron chi connectivity index (χ4n) is 0.874. The van der Waals surface area contributed by atoms with Gasteiger partial charge in [0.15, 0.2) is 0 Å². The topological polar surface area (TPSA) is 18.5 Å². The first-order chi connectivity index (χ1) is 5.77. The summed E-state index contributed by atoms with van der Waals surface area (Å²) in [5, 5.41) is 0. The summed E-state index contributed by atoms with van der Waals surface area (Å²) in [7, 11) is 1.71. The van der Waals surface area contributed by atoms with Gasteiger partial charge >= 0.3 is 0 Å². The summed E-state index contributed by atoms with van der Waals surface area (Å²) in [4.78, 5) is 0.611. The first kappa shape index (κ1) is 12.4. The van der Waals surface area contributed by atoms with E-state index in [4.69, 9.17) is 9.47 Å². The van der Waals surface area contributed by atoms with Crippen molar-refractivity contribution < 1.29 is 9.47 Å². The summed E-state index contributed by atoms with van der Waals surface area (Å²) < 4.78 is 10.3. The summed E-state index contributed by atoms with van der Waals surface area (Å²) in [6.07, 6.45) is 3.32. The van der Waals surface area contributed by atoms with Crippen molar-refractivity contribution in [3.63, 3.8) is 0 Å². The molecule has 12 heavy (non-hydrogen) atoms. The van der Waals surface area contributed by atoms with Gasteiger partial charge in [0.05, 0.1) is 0 Å². The van der Waals surface area contributed by atoms with Crippen LogP contribution in [0.2, 0.25) is 0 Å². The van der Waals surface area contributed by atoms with E-state index in [1.165, 1.54) is 6.42 Å². The van der Waals surface area contributed by atoms with E-state index in [0.717, 1.165) is 32.7 Å². The highest BCUT2D eigenvalue weighted by Gasteiger charge is 1.95. The minimum absolute atomic E-state index is 0.611. The molecule has 0 aliphatic carbocycles. The Labute approximate surface area is 83.8 Å². The van der Waals surface area contributed by atoms with Gasteiger partial charge in [0.1, 0.15) is 0 Å². The molecular weight excluding hydrogens is 220 g/mol. The van der Waals surface area contributed by atoms with Crippen LogP contribution in [0.15, 0.2) is 0 Å². The predicted octanol–water partition coefficient (Wildman–Crippen LogP) is 2.60. The van der Waals surface area contributed by atoms with E-state index in [2.05, 4.69) is 22.9 Å².